The first-order chi connectivity index (χ1) is 7.52. The average molecular weight is 221 g/mol. The van der Waals surface area contributed by atoms with Gasteiger partial charge in [0.15, 0.2) is 0 Å². The summed E-state index contributed by atoms with van der Waals surface area (Å²) in [6.07, 6.45) is 0. The van der Waals surface area contributed by atoms with Gasteiger partial charge in [-0.1, -0.05) is 31.2 Å². The summed E-state index contributed by atoms with van der Waals surface area (Å²) >= 11 is 0. The smallest absolute Gasteiger partial charge is 0.307 e. The zero-order valence-electron chi connectivity index (χ0n) is 10.0. The van der Waals surface area contributed by atoms with Crippen molar-refractivity contribution >= 4 is 5.97 Å². The Hall–Kier alpha value is -1.35. The van der Waals surface area contributed by atoms with Gasteiger partial charge in [-0.15, -0.1) is 0 Å². The van der Waals surface area contributed by atoms with Gasteiger partial charge in [-0.3, -0.25) is 4.79 Å². The molecular weight excluding hydrogens is 202 g/mol. The Morgan fingerprint density at radius 3 is 2.56 bits per heavy atom. The first-order valence-corrected chi connectivity index (χ1v) is 5.54. The van der Waals surface area contributed by atoms with Crippen LogP contribution in [0.4, 0.5) is 0 Å². The zero-order valence-corrected chi connectivity index (χ0v) is 10.0. The van der Waals surface area contributed by atoms with E-state index in [2.05, 4.69) is 31.3 Å². The van der Waals surface area contributed by atoms with Crippen LogP contribution in [0.3, 0.4) is 0 Å². The van der Waals surface area contributed by atoms with Crippen LogP contribution in [0.1, 0.15) is 31.0 Å². The molecule has 2 atom stereocenters. The molecule has 0 aliphatic rings. The summed E-state index contributed by atoms with van der Waals surface area (Å²) in [5, 5.41) is 12.0. The van der Waals surface area contributed by atoms with Crippen molar-refractivity contribution in [2.45, 2.75) is 26.8 Å². The molecule has 1 rings (SSSR count). The summed E-state index contributed by atoms with van der Waals surface area (Å²) in [4.78, 5) is 10.7. The molecule has 0 aliphatic carbocycles. The Kier molecular flexibility index (Phi) is 4.50. The van der Waals surface area contributed by atoms with E-state index in [9.17, 15) is 4.79 Å². The lowest BCUT2D eigenvalue weighted by Crippen LogP contribution is -2.28. The first-order valence-electron chi connectivity index (χ1n) is 5.54. The molecular formula is C13H19NO2. The van der Waals surface area contributed by atoms with Crippen molar-refractivity contribution in [3.63, 3.8) is 0 Å². The standard InChI is InChI=1S/C13H19NO2/c1-9-6-4-5-7-12(9)11(3)14-8-10(2)13(15)16/h4-7,10-11,14H,8H2,1-3H3,(H,15,16)/t10?,11-/m1/s1. The molecule has 0 fully saturated rings. The third-order valence-electron chi connectivity index (χ3n) is 2.81. The fourth-order valence-electron chi connectivity index (χ4n) is 1.62. The van der Waals surface area contributed by atoms with Crippen molar-refractivity contribution in [1.29, 1.82) is 0 Å². The number of carboxylic acids is 1. The van der Waals surface area contributed by atoms with Crippen LogP contribution >= 0.6 is 0 Å². The van der Waals surface area contributed by atoms with Gasteiger partial charge in [-0.2, -0.15) is 0 Å². The Bertz CT molecular complexity index is 363. The Morgan fingerprint density at radius 1 is 1.38 bits per heavy atom. The summed E-state index contributed by atoms with van der Waals surface area (Å²) in [6.45, 7) is 6.32. The SMILES string of the molecule is Cc1ccccc1[C@@H](C)NCC(C)C(=O)O. The molecule has 1 unspecified atom stereocenters. The number of aryl methyl sites for hydroxylation is 1. The van der Waals surface area contributed by atoms with Crippen LogP contribution in [0.15, 0.2) is 24.3 Å². The number of carbonyl (C=O) groups is 1. The van der Waals surface area contributed by atoms with Crippen LogP contribution in [-0.2, 0) is 4.79 Å². The summed E-state index contributed by atoms with van der Waals surface area (Å²) in [7, 11) is 0. The second-order valence-corrected chi connectivity index (χ2v) is 4.23. The molecule has 0 spiro atoms. The minimum atomic E-state index is -0.760. The van der Waals surface area contributed by atoms with E-state index >= 15 is 0 Å². The number of rotatable bonds is 5. The lowest BCUT2D eigenvalue weighted by Gasteiger charge is -2.17. The van der Waals surface area contributed by atoms with Gasteiger partial charge in [0.1, 0.15) is 0 Å². The minimum absolute atomic E-state index is 0.183. The number of carboxylic acid groups (broad SMARTS) is 1. The highest BCUT2D eigenvalue weighted by atomic mass is 16.4. The lowest BCUT2D eigenvalue weighted by atomic mass is 10.0. The Morgan fingerprint density at radius 2 is 2.00 bits per heavy atom. The molecule has 0 aliphatic heterocycles. The molecule has 0 amide bonds. The molecule has 0 radical (unpaired) electrons. The second-order valence-electron chi connectivity index (χ2n) is 4.23. The van der Waals surface area contributed by atoms with Crippen LogP contribution in [0.25, 0.3) is 0 Å². The molecule has 3 heteroatoms. The fraction of sp³-hybridized carbons (Fsp3) is 0.462. The normalized spacial score (nSPS) is 14.4. The Balaban J connectivity index is 2.56. The maximum atomic E-state index is 10.7. The van der Waals surface area contributed by atoms with Crippen LogP contribution < -0.4 is 5.32 Å². The van der Waals surface area contributed by atoms with Crippen molar-refractivity contribution in [2.24, 2.45) is 5.92 Å². The third kappa shape index (κ3) is 3.35. The average Bonchev–Trinajstić information content (AvgIpc) is 2.25. The molecule has 16 heavy (non-hydrogen) atoms. The fourth-order valence-corrected chi connectivity index (χ4v) is 1.62. The van der Waals surface area contributed by atoms with Crippen molar-refractivity contribution < 1.29 is 9.90 Å². The number of hydrogen-bond donors (Lipinski definition) is 2. The van der Waals surface area contributed by atoms with Gasteiger partial charge in [-0.05, 0) is 25.0 Å². The minimum Gasteiger partial charge on any atom is -0.481 e. The summed E-state index contributed by atoms with van der Waals surface area (Å²) < 4.78 is 0. The zero-order chi connectivity index (χ0) is 12.1. The van der Waals surface area contributed by atoms with E-state index in [1.165, 1.54) is 11.1 Å². The molecule has 3 nitrogen and oxygen atoms in total. The number of hydrogen-bond acceptors (Lipinski definition) is 2. The predicted molar refractivity (Wildman–Crippen MR) is 64.4 cm³/mol. The first kappa shape index (κ1) is 12.7. The lowest BCUT2D eigenvalue weighted by molar-refractivity contribution is -0.140. The van der Waals surface area contributed by atoms with E-state index in [-0.39, 0.29) is 12.0 Å². The summed E-state index contributed by atoms with van der Waals surface area (Å²) in [5.41, 5.74) is 2.45. The molecule has 1 aromatic carbocycles. The van der Waals surface area contributed by atoms with E-state index in [1.54, 1.807) is 6.92 Å². The highest BCUT2D eigenvalue weighted by Gasteiger charge is 2.13. The topological polar surface area (TPSA) is 49.3 Å². The second kappa shape index (κ2) is 5.66. The summed E-state index contributed by atoms with van der Waals surface area (Å²) in [6, 6.07) is 8.32. The van der Waals surface area contributed by atoms with E-state index < -0.39 is 5.97 Å². The van der Waals surface area contributed by atoms with Gasteiger partial charge in [0.2, 0.25) is 0 Å². The van der Waals surface area contributed by atoms with E-state index in [0.717, 1.165) is 0 Å². The van der Waals surface area contributed by atoms with Crippen molar-refractivity contribution in [1.82, 2.24) is 5.32 Å². The number of benzene rings is 1. The van der Waals surface area contributed by atoms with Crippen LogP contribution in [-0.4, -0.2) is 17.6 Å². The molecule has 0 heterocycles. The van der Waals surface area contributed by atoms with E-state index in [0.29, 0.717) is 6.54 Å². The quantitative estimate of drug-likeness (QED) is 0.802. The third-order valence-corrected chi connectivity index (χ3v) is 2.81. The van der Waals surface area contributed by atoms with E-state index in [4.69, 9.17) is 5.11 Å². The van der Waals surface area contributed by atoms with Gasteiger partial charge in [0.05, 0.1) is 5.92 Å². The van der Waals surface area contributed by atoms with Crippen LogP contribution in [0.2, 0.25) is 0 Å². The van der Waals surface area contributed by atoms with Gasteiger partial charge < -0.3 is 10.4 Å². The highest BCUT2D eigenvalue weighted by molar-refractivity contribution is 5.69. The largest absolute Gasteiger partial charge is 0.481 e. The maximum absolute atomic E-state index is 10.7. The van der Waals surface area contributed by atoms with Crippen molar-refractivity contribution in [3.05, 3.63) is 35.4 Å². The number of aliphatic carboxylic acids is 1. The molecule has 2 N–H and O–H groups in total. The maximum Gasteiger partial charge on any atom is 0.307 e. The van der Waals surface area contributed by atoms with Gasteiger partial charge >= 0.3 is 5.97 Å². The molecule has 0 bridgehead atoms. The molecule has 88 valence electrons. The molecule has 0 aromatic heterocycles. The molecule has 1 aromatic rings. The van der Waals surface area contributed by atoms with E-state index in [1.807, 2.05) is 12.1 Å². The molecule has 0 saturated heterocycles. The summed E-state index contributed by atoms with van der Waals surface area (Å²) in [5.74, 6) is -1.11. The monoisotopic (exact) mass is 221 g/mol. The highest BCUT2D eigenvalue weighted by Crippen LogP contribution is 2.16. The van der Waals surface area contributed by atoms with Gasteiger partial charge in [0.25, 0.3) is 0 Å². The van der Waals surface area contributed by atoms with Gasteiger partial charge in [0, 0.05) is 12.6 Å². The van der Waals surface area contributed by atoms with Crippen LogP contribution in [0.5, 0.6) is 0 Å². The van der Waals surface area contributed by atoms with Gasteiger partial charge in [-0.25, -0.2) is 0 Å². The number of nitrogens with one attached hydrogen (secondary N) is 1. The van der Waals surface area contributed by atoms with Crippen molar-refractivity contribution in [2.75, 3.05) is 6.54 Å². The Labute approximate surface area is 96.5 Å². The van der Waals surface area contributed by atoms with Crippen LogP contribution in [0, 0.1) is 12.8 Å². The predicted octanol–water partition coefficient (Wildman–Crippen LogP) is 2.37. The van der Waals surface area contributed by atoms with Crippen molar-refractivity contribution in [3.8, 4) is 0 Å². The molecule has 0 saturated carbocycles.